The maximum Gasteiger partial charge on any atom is 0.280 e. The second-order valence-corrected chi connectivity index (χ2v) is 6.67. The summed E-state index contributed by atoms with van der Waals surface area (Å²) in [6.07, 6.45) is 1.93. The topological polar surface area (TPSA) is 78.3 Å². The largest absolute Gasteiger partial charge is 0.384 e. The van der Waals surface area contributed by atoms with E-state index in [2.05, 4.69) is 46.6 Å². The average Bonchev–Trinajstić information content (AvgIpc) is 3.22. The first-order valence-electron chi connectivity index (χ1n) is 8.84. The molecule has 1 fully saturated rings. The number of aryl methyl sites for hydroxylation is 2. The molecule has 0 radical (unpaired) electrons. The Labute approximate surface area is 147 Å². The van der Waals surface area contributed by atoms with E-state index >= 15 is 0 Å². The molecule has 2 heterocycles. The van der Waals surface area contributed by atoms with Gasteiger partial charge in [0.15, 0.2) is 0 Å². The molecule has 134 valence electrons. The number of aromatic nitrogens is 1. The molecule has 2 aromatic rings. The summed E-state index contributed by atoms with van der Waals surface area (Å²) in [7, 11) is 0. The van der Waals surface area contributed by atoms with Crippen LogP contribution in [0.1, 0.15) is 35.6 Å². The second-order valence-electron chi connectivity index (χ2n) is 6.67. The molecular formula is C19H25N3O3. The summed E-state index contributed by atoms with van der Waals surface area (Å²) in [5, 5.41) is 5.17. The highest BCUT2D eigenvalue weighted by Gasteiger charge is 2.24. The number of carbonyl (C=O) groups excluding carboxylic acids is 1. The fraction of sp³-hybridized carbons (Fsp3) is 0.474. The Bertz CT molecular complexity index is 765. The summed E-state index contributed by atoms with van der Waals surface area (Å²) in [5.74, 6) is 1.09. The van der Waals surface area contributed by atoms with Crippen LogP contribution in [0.15, 0.2) is 39.6 Å². The maximum atomic E-state index is 11.9. The molecule has 1 aliphatic heterocycles. The molecular weight excluding hydrogens is 318 g/mol. The predicted molar refractivity (Wildman–Crippen MR) is 95.6 cm³/mol. The van der Waals surface area contributed by atoms with E-state index in [4.69, 9.17) is 4.52 Å². The number of aromatic amines is 1. The first-order chi connectivity index (χ1) is 12.1. The van der Waals surface area contributed by atoms with Crippen molar-refractivity contribution in [3.63, 3.8) is 0 Å². The van der Waals surface area contributed by atoms with Crippen LogP contribution in [0.2, 0.25) is 0 Å². The van der Waals surface area contributed by atoms with E-state index in [0.29, 0.717) is 31.1 Å². The summed E-state index contributed by atoms with van der Waals surface area (Å²) >= 11 is 0. The minimum atomic E-state index is -0.271. The predicted octanol–water partition coefficient (Wildman–Crippen LogP) is 1.81. The molecule has 3 rings (SSSR count). The van der Waals surface area contributed by atoms with E-state index in [1.54, 1.807) is 0 Å². The van der Waals surface area contributed by atoms with Crippen LogP contribution in [-0.4, -0.2) is 42.1 Å². The smallest absolute Gasteiger partial charge is 0.280 e. The van der Waals surface area contributed by atoms with Crippen molar-refractivity contribution in [1.82, 2.24) is 15.4 Å². The molecule has 1 aromatic carbocycles. The van der Waals surface area contributed by atoms with E-state index in [-0.39, 0.29) is 11.5 Å². The minimum Gasteiger partial charge on any atom is -0.384 e. The third kappa shape index (κ3) is 4.82. The van der Waals surface area contributed by atoms with Crippen LogP contribution in [0.5, 0.6) is 0 Å². The van der Waals surface area contributed by atoms with Crippen LogP contribution in [0.25, 0.3) is 0 Å². The molecule has 1 atom stereocenters. The van der Waals surface area contributed by atoms with Gasteiger partial charge >= 0.3 is 0 Å². The van der Waals surface area contributed by atoms with Crippen molar-refractivity contribution in [2.45, 2.75) is 32.1 Å². The number of likely N-dealkylation sites (tertiary alicyclic amines) is 1. The summed E-state index contributed by atoms with van der Waals surface area (Å²) < 4.78 is 4.94. The molecule has 1 aliphatic rings. The molecule has 0 spiro atoms. The molecule has 1 amide bonds. The van der Waals surface area contributed by atoms with Gasteiger partial charge in [0.2, 0.25) is 5.91 Å². The van der Waals surface area contributed by atoms with Gasteiger partial charge in [0.1, 0.15) is 5.76 Å². The van der Waals surface area contributed by atoms with Gasteiger partial charge in [-0.2, -0.15) is 5.16 Å². The molecule has 6 heteroatoms. The van der Waals surface area contributed by atoms with Crippen LogP contribution in [0, 0.1) is 6.92 Å². The summed E-state index contributed by atoms with van der Waals surface area (Å²) in [6, 6.07) is 9.97. The van der Waals surface area contributed by atoms with Crippen LogP contribution in [0.4, 0.5) is 0 Å². The lowest BCUT2D eigenvalue weighted by atomic mass is 9.94. The SMILES string of the molecule is Cc1ccccc1[C@@H]1CCN(CCNC(=O)CCc2cc(=O)[nH]o2)C1. The molecule has 0 unspecified atom stereocenters. The number of nitrogens with zero attached hydrogens (tertiary/aromatic N) is 1. The number of benzene rings is 1. The Hall–Kier alpha value is -2.34. The number of amides is 1. The number of H-pyrrole nitrogens is 1. The Balaban J connectivity index is 1.36. The molecule has 25 heavy (non-hydrogen) atoms. The van der Waals surface area contributed by atoms with Crippen LogP contribution >= 0.6 is 0 Å². The summed E-state index contributed by atoms with van der Waals surface area (Å²) in [6.45, 7) is 5.81. The van der Waals surface area contributed by atoms with Crippen molar-refractivity contribution in [1.29, 1.82) is 0 Å². The van der Waals surface area contributed by atoms with Crippen molar-refractivity contribution >= 4 is 5.91 Å². The van der Waals surface area contributed by atoms with Gasteiger partial charge in [-0.15, -0.1) is 0 Å². The van der Waals surface area contributed by atoms with Gasteiger partial charge in [-0.1, -0.05) is 24.3 Å². The molecule has 6 nitrogen and oxygen atoms in total. The normalized spacial score (nSPS) is 17.7. The molecule has 1 saturated heterocycles. The van der Waals surface area contributed by atoms with Crippen molar-refractivity contribution in [3.8, 4) is 0 Å². The number of hydrogen-bond acceptors (Lipinski definition) is 4. The maximum absolute atomic E-state index is 11.9. The van der Waals surface area contributed by atoms with E-state index in [1.807, 2.05) is 0 Å². The quantitative estimate of drug-likeness (QED) is 0.804. The summed E-state index contributed by atoms with van der Waals surface area (Å²) in [5.41, 5.74) is 2.54. The Kier molecular flexibility index (Phi) is 5.71. The molecule has 0 saturated carbocycles. The number of carbonyl (C=O) groups is 1. The minimum absolute atomic E-state index is 0.0153. The Morgan fingerprint density at radius 2 is 2.24 bits per heavy atom. The third-order valence-corrected chi connectivity index (χ3v) is 4.82. The number of nitrogens with one attached hydrogen (secondary N) is 2. The van der Waals surface area contributed by atoms with Gasteiger partial charge in [-0.3, -0.25) is 9.59 Å². The van der Waals surface area contributed by atoms with Crippen molar-refractivity contribution in [2.75, 3.05) is 26.2 Å². The number of rotatable bonds is 7. The zero-order valence-corrected chi connectivity index (χ0v) is 14.6. The van der Waals surface area contributed by atoms with E-state index in [0.717, 1.165) is 19.6 Å². The highest BCUT2D eigenvalue weighted by Crippen LogP contribution is 2.28. The van der Waals surface area contributed by atoms with Crippen LogP contribution < -0.4 is 10.9 Å². The fourth-order valence-corrected chi connectivity index (χ4v) is 3.46. The van der Waals surface area contributed by atoms with Crippen LogP contribution in [-0.2, 0) is 11.2 Å². The Morgan fingerprint density at radius 1 is 1.40 bits per heavy atom. The summed E-state index contributed by atoms with van der Waals surface area (Å²) in [4.78, 5) is 25.2. The van der Waals surface area contributed by atoms with E-state index in [1.165, 1.54) is 23.6 Å². The lowest BCUT2D eigenvalue weighted by molar-refractivity contribution is -0.121. The molecule has 2 N–H and O–H groups in total. The first kappa shape index (κ1) is 17.5. The average molecular weight is 343 g/mol. The van der Waals surface area contributed by atoms with E-state index < -0.39 is 0 Å². The molecule has 0 bridgehead atoms. The van der Waals surface area contributed by atoms with Crippen molar-refractivity contribution < 1.29 is 9.32 Å². The van der Waals surface area contributed by atoms with Crippen LogP contribution in [0.3, 0.4) is 0 Å². The number of hydrogen-bond donors (Lipinski definition) is 2. The lowest BCUT2D eigenvalue weighted by Crippen LogP contribution is -2.33. The second kappa shape index (κ2) is 8.16. The third-order valence-electron chi connectivity index (χ3n) is 4.82. The first-order valence-corrected chi connectivity index (χ1v) is 8.84. The zero-order chi connectivity index (χ0) is 17.6. The van der Waals surface area contributed by atoms with Gasteiger partial charge in [0, 0.05) is 38.5 Å². The fourth-order valence-electron chi connectivity index (χ4n) is 3.46. The van der Waals surface area contributed by atoms with Crippen molar-refractivity contribution in [2.24, 2.45) is 0 Å². The van der Waals surface area contributed by atoms with E-state index in [9.17, 15) is 9.59 Å². The lowest BCUT2D eigenvalue weighted by Gasteiger charge is -2.17. The van der Waals surface area contributed by atoms with Gasteiger partial charge in [0.25, 0.3) is 5.56 Å². The highest BCUT2D eigenvalue weighted by atomic mass is 16.5. The molecule has 0 aliphatic carbocycles. The van der Waals surface area contributed by atoms with Crippen molar-refractivity contribution in [3.05, 3.63) is 57.6 Å². The standard InChI is InChI=1S/C19H25N3O3/c1-14-4-2-3-5-17(14)15-8-10-22(13-15)11-9-20-18(23)7-6-16-12-19(24)21-25-16/h2-5,12,15H,6-11,13H2,1H3,(H,20,23)(H,21,24)/t15-/m1/s1. The highest BCUT2D eigenvalue weighted by molar-refractivity contribution is 5.76. The zero-order valence-electron chi connectivity index (χ0n) is 14.6. The van der Waals surface area contributed by atoms with Gasteiger partial charge < -0.3 is 14.7 Å². The van der Waals surface area contributed by atoms with Gasteiger partial charge in [0.05, 0.1) is 0 Å². The monoisotopic (exact) mass is 343 g/mol. The molecule has 1 aromatic heterocycles. The van der Waals surface area contributed by atoms with Gasteiger partial charge in [-0.25, -0.2) is 0 Å². The van der Waals surface area contributed by atoms with Gasteiger partial charge in [-0.05, 0) is 36.9 Å². The Morgan fingerprint density at radius 3 is 3.00 bits per heavy atom.